The van der Waals surface area contributed by atoms with Crippen LogP contribution in [0.4, 0.5) is 13.2 Å². The Labute approximate surface area is 142 Å². The van der Waals surface area contributed by atoms with E-state index < -0.39 is 6.36 Å². The molecule has 3 aromatic rings. The molecule has 0 fully saturated rings. The highest BCUT2D eigenvalue weighted by molar-refractivity contribution is 6.09. The number of carbonyl (C=O) groups excluding carboxylic acids is 1. The second kappa shape index (κ2) is 6.20. The number of halogens is 3. The van der Waals surface area contributed by atoms with Gasteiger partial charge in [0.2, 0.25) is 0 Å². The lowest BCUT2D eigenvalue weighted by Gasteiger charge is -2.15. The molecule has 0 bridgehead atoms. The molecule has 3 nitrogen and oxygen atoms in total. The third-order valence-corrected chi connectivity index (χ3v) is 3.79. The predicted octanol–water partition coefficient (Wildman–Crippen LogP) is 5.31. The van der Waals surface area contributed by atoms with Gasteiger partial charge in [-0.1, -0.05) is 30.3 Å². The maximum atomic E-state index is 12.5. The van der Waals surface area contributed by atoms with E-state index in [9.17, 15) is 18.0 Å². The molecule has 3 rings (SSSR count). The summed E-state index contributed by atoms with van der Waals surface area (Å²) in [6.07, 6.45) is -4.79. The van der Waals surface area contributed by atoms with Gasteiger partial charge in [-0.2, -0.15) is 0 Å². The van der Waals surface area contributed by atoms with E-state index in [4.69, 9.17) is 0 Å². The van der Waals surface area contributed by atoms with Gasteiger partial charge in [-0.15, -0.1) is 13.2 Å². The van der Waals surface area contributed by atoms with Crippen LogP contribution in [0.15, 0.2) is 48.5 Å². The number of aryl methyl sites for hydroxylation is 1. The number of fused-ring (bicyclic) bond motifs is 1. The van der Waals surface area contributed by atoms with Crippen LogP contribution in [0.2, 0.25) is 0 Å². The van der Waals surface area contributed by atoms with Crippen LogP contribution in [0.25, 0.3) is 22.0 Å². The Morgan fingerprint density at radius 1 is 1.08 bits per heavy atom. The lowest BCUT2D eigenvalue weighted by atomic mass is 9.92. The molecule has 1 aromatic heterocycles. The number of Topliss-reactive ketones (excluding diaryl/α,β-unsaturated/α-hetero) is 1. The molecular formula is C19H14F3NO2. The van der Waals surface area contributed by atoms with E-state index in [1.807, 2.05) is 6.07 Å². The van der Waals surface area contributed by atoms with Gasteiger partial charge in [-0.3, -0.25) is 9.78 Å². The number of hydrogen-bond donors (Lipinski definition) is 0. The van der Waals surface area contributed by atoms with E-state index in [2.05, 4.69) is 9.72 Å². The first-order chi connectivity index (χ1) is 11.8. The normalized spacial score (nSPS) is 11.6. The van der Waals surface area contributed by atoms with E-state index >= 15 is 0 Å². The van der Waals surface area contributed by atoms with Crippen molar-refractivity contribution in [3.05, 3.63) is 59.8 Å². The van der Waals surface area contributed by atoms with E-state index in [1.165, 1.54) is 25.1 Å². The second-order valence-electron chi connectivity index (χ2n) is 5.60. The SMILES string of the molecule is CC(=O)c1c(C)nc2ccc(OC(F)(F)F)cc2c1-c1ccccc1. The van der Waals surface area contributed by atoms with Crippen LogP contribution in [0.5, 0.6) is 5.75 Å². The molecule has 0 aliphatic heterocycles. The van der Waals surface area contributed by atoms with Gasteiger partial charge in [-0.25, -0.2) is 0 Å². The molecule has 0 N–H and O–H groups in total. The highest BCUT2D eigenvalue weighted by Gasteiger charge is 2.31. The lowest BCUT2D eigenvalue weighted by Crippen LogP contribution is -2.17. The molecule has 25 heavy (non-hydrogen) atoms. The fourth-order valence-corrected chi connectivity index (χ4v) is 2.90. The van der Waals surface area contributed by atoms with Crippen molar-refractivity contribution in [2.45, 2.75) is 20.2 Å². The summed E-state index contributed by atoms with van der Waals surface area (Å²) in [7, 11) is 0. The number of ketones is 1. The summed E-state index contributed by atoms with van der Waals surface area (Å²) in [5.41, 5.74) is 2.71. The molecular weight excluding hydrogens is 331 g/mol. The molecule has 0 saturated carbocycles. The molecule has 0 aliphatic rings. The highest BCUT2D eigenvalue weighted by Crippen LogP contribution is 2.36. The summed E-state index contributed by atoms with van der Waals surface area (Å²) in [5, 5.41) is 0.434. The minimum absolute atomic E-state index is 0.201. The minimum atomic E-state index is -4.79. The van der Waals surface area contributed by atoms with Crippen LogP contribution in [-0.4, -0.2) is 17.1 Å². The van der Waals surface area contributed by atoms with Crippen molar-refractivity contribution >= 4 is 16.7 Å². The third kappa shape index (κ3) is 3.47. The summed E-state index contributed by atoms with van der Waals surface area (Å²) in [6.45, 7) is 3.13. The van der Waals surface area contributed by atoms with Crippen molar-refractivity contribution in [2.75, 3.05) is 0 Å². The van der Waals surface area contributed by atoms with Crippen LogP contribution in [-0.2, 0) is 0 Å². The highest BCUT2D eigenvalue weighted by atomic mass is 19.4. The van der Waals surface area contributed by atoms with Crippen molar-refractivity contribution in [3.8, 4) is 16.9 Å². The monoisotopic (exact) mass is 345 g/mol. The standard InChI is InChI=1S/C19H14F3NO2/c1-11-17(12(2)24)18(13-6-4-3-5-7-13)15-10-14(25-19(20,21)22)8-9-16(15)23-11/h3-10H,1-2H3. The van der Waals surface area contributed by atoms with Gasteiger partial charge in [-0.05, 0) is 37.6 Å². The smallest absolute Gasteiger partial charge is 0.406 e. The zero-order valence-corrected chi connectivity index (χ0v) is 13.5. The first-order valence-electron chi connectivity index (χ1n) is 7.53. The number of alkyl halides is 3. The van der Waals surface area contributed by atoms with Crippen LogP contribution in [0.3, 0.4) is 0 Å². The molecule has 128 valence electrons. The molecule has 6 heteroatoms. The first-order valence-corrected chi connectivity index (χ1v) is 7.53. The third-order valence-electron chi connectivity index (χ3n) is 3.79. The van der Waals surface area contributed by atoms with Crippen molar-refractivity contribution < 1.29 is 22.7 Å². The van der Waals surface area contributed by atoms with E-state index in [1.54, 1.807) is 31.2 Å². The Hall–Kier alpha value is -2.89. The molecule has 0 radical (unpaired) electrons. The quantitative estimate of drug-likeness (QED) is 0.604. The Balaban J connectivity index is 2.35. The molecule has 0 aliphatic carbocycles. The van der Waals surface area contributed by atoms with Crippen LogP contribution in [0, 0.1) is 6.92 Å². The Morgan fingerprint density at radius 3 is 2.36 bits per heavy atom. The molecule has 0 unspecified atom stereocenters. The van der Waals surface area contributed by atoms with Gasteiger partial charge in [0.05, 0.1) is 5.52 Å². The van der Waals surface area contributed by atoms with Crippen molar-refractivity contribution in [2.24, 2.45) is 0 Å². The van der Waals surface area contributed by atoms with Gasteiger partial charge in [0.25, 0.3) is 0 Å². The fourth-order valence-electron chi connectivity index (χ4n) is 2.90. The summed E-state index contributed by atoms with van der Waals surface area (Å²) < 4.78 is 41.7. The van der Waals surface area contributed by atoms with E-state index in [0.29, 0.717) is 27.7 Å². The zero-order chi connectivity index (χ0) is 18.2. The largest absolute Gasteiger partial charge is 0.573 e. The minimum Gasteiger partial charge on any atom is -0.406 e. The Kier molecular flexibility index (Phi) is 4.20. The molecule has 2 aromatic carbocycles. The summed E-state index contributed by atoms with van der Waals surface area (Å²) in [6, 6.07) is 13.0. The molecule has 0 spiro atoms. The average molecular weight is 345 g/mol. The fraction of sp³-hybridized carbons (Fsp3) is 0.158. The number of pyridine rings is 1. The summed E-state index contributed by atoms with van der Waals surface area (Å²) in [5.74, 6) is -0.551. The Bertz CT molecular complexity index is 950. The lowest BCUT2D eigenvalue weighted by molar-refractivity contribution is -0.274. The molecule has 0 amide bonds. The molecule has 1 heterocycles. The predicted molar refractivity (Wildman–Crippen MR) is 88.6 cm³/mol. The van der Waals surface area contributed by atoms with Crippen molar-refractivity contribution in [1.82, 2.24) is 4.98 Å². The topological polar surface area (TPSA) is 39.2 Å². The number of benzene rings is 2. The Morgan fingerprint density at radius 2 is 1.76 bits per heavy atom. The number of nitrogens with zero attached hydrogens (tertiary/aromatic N) is 1. The number of ether oxygens (including phenoxy) is 1. The number of hydrogen-bond acceptors (Lipinski definition) is 3. The maximum Gasteiger partial charge on any atom is 0.573 e. The van der Waals surface area contributed by atoms with Gasteiger partial charge >= 0.3 is 6.36 Å². The van der Waals surface area contributed by atoms with Gasteiger partial charge in [0.15, 0.2) is 5.78 Å². The molecule has 0 atom stereocenters. The number of carbonyl (C=O) groups is 1. The number of aromatic nitrogens is 1. The van der Waals surface area contributed by atoms with Crippen molar-refractivity contribution in [1.29, 1.82) is 0 Å². The number of rotatable bonds is 3. The van der Waals surface area contributed by atoms with E-state index in [-0.39, 0.29) is 11.5 Å². The van der Waals surface area contributed by atoms with E-state index in [0.717, 1.165) is 5.56 Å². The zero-order valence-electron chi connectivity index (χ0n) is 13.5. The second-order valence-corrected chi connectivity index (χ2v) is 5.60. The van der Waals surface area contributed by atoms with Gasteiger partial charge in [0, 0.05) is 22.2 Å². The first kappa shape index (κ1) is 17.0. The van der Waals surface area contributed by atoms with Gasteiger partial charge in [0.1, 0.15) is 5.75 Å². The van der Waals surface area contributed by atoms with Crippen LogP contribution >= 0.6 is 0 Å². The van der Waals surface area contributed by atoms with Crippen LogP contribution in [0.1, 0.15) is 23.0 Å². The average Bonchev–Trinajstić information content (AvgIpc) is 2.53. The van der Waals surface area contributed by atoms with Crippen LogP contribution < -0.4 is 4.74 Å². The molecule has 0 saturated heterocycles. The van der Waals surface area contributed by atoms with Crippen molar-refractivity contribution in [3.63, 3.8) is 0 Å². The van der Waals surface area contributed by atoms with Gasteiger partial charge < -0.3 is 4.74 Å². The summed E-state index contributed by atoms with van der Waals surface area (Å²) in [4.78, 5) is 16.5. The maximum absolute atomic E-state index is 12.5. The summed E-state index contributed by atoms with van der Waals surface area (Å²) >= 11 is 0.